The van der Waals surface area contributed by atoms with Gasteiger partial charge in [-0.2, -0.15) is 5.26 Å². The van der Waals surface area contributed by atoms with Crippen molar-refractivity contribution in [2.75, 3.05) is 19.5 Å². The van der Waals surface area contributed by atoms with Crippen LogP contribution in [0.5, 0.6) is 11.5 Å². The number of amides is 1. The first-order valence-corrected chi connectivity index (χ1v) is 7.77. The van der Waals surface area contributed by atoms with Crippen LogP contribution in [0.3, 0.4) is 0 Å². The number of hydrogen-bond acceptors (Lipinski definition) is 4. The van der Waals surface area contributed by atoms with Gasteiger partial charge in [0.1, 0.15) is 23.1 Å². The minimum atomic E-state index is -0.496. The lowest BCUT2D eigenvalue weighted by Crippen LogP contribution is -2.13. The monoisotopic (exact) mass is 386 g/mol. The Morgan fingerprint density at radius 2 is 1.88 bits per heavy atom. The molecule has 0 radical (unpaired) electrons. The summed E-state index contributed by atoms with van der Waals surface area (Å²) in [6.45, 7) is 0. The molecule has 0 unspecified atom stereocenters. The third kappa shape index (κ3) is 4.37. The van der Waals surface area contributed by atoms with Crippen LogP contribution in [0.25, 0.3) is 6.08 Å². The Morgan fingerprint density at radius 3 is 2.46 bits per heavy atom. The van der Waals surface area contributed by atoms with Crippen molar-refractivity contribution in [3.63, 3.8) is 0 Å². The average Bonchev–Trinajstić information content (AvgIpc) is 2.60. The lowest BCUT2D eigenvalue weighted by Gasteiger charge is -2.07. The average molecular weight is 387 g/mol. The van der Waals surface area contributed by atoms with E-state index in [9.17, 15) is 10.1 Å². The number of nitrogens with zero attached hydrogens (tertiary/aromatic N) is 1. The van der Waals surface area contributed by atoms with Gasteiger partial charge in [-0.25, -0.2) is 0 Å². The fraction of sp³-hybridized carbons (Fsp3) is 0.111. The Labute approximate surface area is 148 Å². The lowest BCUT2D eigenvalue weighted by molar-refractivity contribution is -0.112. The van der Waals surface area contributed by atoms with Gasteiger partial charge >= 0.3 is 0 Å². The molecule has 0 spiro atoms. The van der Waals surface area contributed by atoms with Crippen molar-refractivity contribution in [3.8, 4) is 17.6 Å². The summed E-state index contributed by atoms with van der Waals surface area (Å²) in [7, 11) is 3.10. The first-order chi connectivity index (χ1) is 11.6. The van der Waals surface area contributed by atoms with Crippen LogP contribution in [0.1, 0.15) is 5.56 Å². The Bertz CT molecular complexity index is 808. The zero-order valence-electron chi connectivity index (χ0n) is 13.2. The number of carbonyl (C=O) groups excluding carboxylic acids is 1. The van der Waals surface area contributed by atoms with Crippen molar-refractivity contribution in [1.82, 2.24) is 0 Å². The van der Waals surface area contributed by atoms with Crippen LogP contribution in [-0.4, -0.2) is 20.1 Å². The SMILES string of the molecule is COc1ccc(NC(=O)/C(C#N)=C\c2cc(Br)ccc2OC)cc1. The first-order valence-electron chi connectivity index (χ1n) is 6.98. The van der Waals surface area contributed by atoms with Gasteiger partial charge in [-0.15, -0.1) is 0 Å². The number of nitriles is 1. The molecule has 1 N–H and O–H groups in total. The molecule has 0 heterocycles. The predicted molar refractivity (Wildman–Crippen MR) is 95.9 cm³/mol. The van der Waals surface area contributed by atoms with E-state index in [0.717, 1.165) is 4.47 Å². The summed E-state index contributed by atoms with van der Waals surface area (Å²) in [4.78, 5) is 12.3. The third-order valence-corrected chi connectivity index (χ3v) is 3.70. The zero-order chi connectivity index (χ0) is 17.5. The van der Waals surface area contributed by atoms with Gasteiger partial charge in [0.05, 0.1) is 14.2 Å². The normalized spacial score (nSPS) is 10.7. The Morgan fingerprint density at radius 1 is 1.17 bits per heavy atom. The molecule has 5 nitrogen and oxygen atoms in total. The van der Waals surface area contributed by atoms with E-state index in [1.807, 2.05) is 12.1 Å². The summed E-state index contributed by atoms with van der Waals surface area (Å²) < 4.78 is 11.1. The van der Waals surface area contributed by atoms with Gasteiger partial charge in [0.15, 0.2) is 0 Å². The molecule has 2 rings (SSSR count). The van der Waals surface area contributed by atoms with Crippen molar-refractivity contribution in [1.29, 1.82) is 5.26 Å². The van der Waals surface area contributed by atoms with E-state index < -0.39 is 5.91 Å². The minimum Gasteiger partial charge on any atom is -0.497 e. The maximum Gasteiger partial charge on any atom is 0.266 e. The van der Waals surface area contributed by atoms with E-state index in [0.29, 0.717) is 22.7 Å². The molecule has 0 saturated carbocycles. The number of nitrogens with one attached hydrogen (secondary N) is 1. The molecule has 0 saturated heterocycles. The number of benzene rings is 2. The van der Waals surface area contributed by atoms with Gasteiger partial charge in [0.2, 0.25) is 0 Å². The minimum absolute atomic E-state index is 0.0257. The lowest BCUT2D eigenvalue weighted by atomic mass is 10.1. The number of carbonyl (C=O) groups is 1. The second-order valence-electron chi connectivity index (χ2n) is 4.74. The Hall–Kier alpha value is -2.78. The van der Waals surface area contributed by atoms with E-state index in [-0.39, 0.29) is 5.57 Å². The van der Waals surface area contributed by atoms with E-state index in [1.165, 1.54) is 13.2 Å². The van der Waals surface area contributed by atoms with Gasteiger partial charge in [-0.1, -0.05) is 15.9 Å². The van der Waals surface area contributed by atoms with Crippen LogP contribution >= 0.6 is 15.9 Å². The molecular weight excluding hydrogens is 372 g/mol. The van der Waals surface area contributed by atoms with E-state index in [2.05, 4.69) is 21.2 Å². The number of rotatable bonds is 5. The summed E-state index contributed by atoms with van der Waals surface area (Å²) in [5, 5.41) is 12.0. The standard InChI is InChI=1S/C18H15BrN2O3/c1-23-16-6-4-15(5-7-16)21-18(22)13(11-20)9-12-10-14(19)3-8-17(12)24-2/h3-10H,1-2H3,(H,21,22)/b13-9-. The predicted octanol–water partition coefficient (Wildman–Crippen LogP) is 4.01. The van der Waals surface area contributed by atoms with Gasteiger partial charge in [-0.3, -0.25) is 4.79 Å². The maximum absolute atomic E-state index is 12.3. The molecule has 122 valence electrons. The van der Waals surface area contributed by atoms with E-state index in [4.69, 9.17) is 9.47 Å². The highest BCUT2D eigenvalue weighted by atomic mass is 79.9. The fourth-order valence-corrected chi connectivity index (χ4v) is 2.37. The van der Waals surface area contributed by atoms with Gasteiger partial charge in [0.25, 0.3) is 5.91 Å². The van der Waals surface area contributed by atoms with Crippen LogP contribution in [0.15, 0.2) is 52.5 Å². The largest absolute Gasteiger partial charge is 0.497 e. The molecule has 0 aliphatic rings. The molecule has 0 aliphatic heterocycles. The molecule has 0 bridgehead atoms. The highest BCUT2D eigenvalue weighted by Crippen LogP contribution is 2.25. The van der Waals surface area contributed by atoms with Crippen molar-refractivity contribution in [3.05, 3.63) is 58.1 Å². The van der Waals surface area contributed by atoms with Gasteiger partial charge in [-0.05, 0) is 48.5 Å². The summed E-state index contributed by atoms with van der Waals surface area (Å²) in [6, 6.07) is 14.1. The molecule has 0 atom stereocenters. The number of hydrogen-bond donors (Lipinski definition) is 1. The molecule has 24 heavy (non-hydrogen) atoms. The summed E-state index contributed by atoms with van der Waals surface area (Å²) >= 11 is 3.36. The quantitative estimate of drug-likeness (QED) is 0.622. The van der Waals surface area contributed by atoms with E-state index in [1.54, 1.807) is 43.5 Å². The Kier molecular flexibility index (Phi) is 5.99. The smallest absolute Gasteiger partial charge is 0.266 e. The molecule has 6 heteroatoms. The van der Waals surface area contributed by atoms with Crippen molar-refractivity contribution in [2.45, 2.75) is 0 Å². The maximum atomic E-state index is 12.3. The van der Waals surface area contributed by atoms with Crippen LogP contribution in [0.2, 0.25) is 0 Å². The number of methoxy groups -OCH3 is 2. The van der Waals surface area contributed by atoms with Crippen LogP contribution in [0, 0.1) is 11.3 Å². The topological polar surface area (TPSA) is 71.3 Å². The summed E-state index contributed by atoms with van der Waals surface area (Å²) in [6.07, 6.45) is 1.49. The summed E-state index contributed by atoms with van der Waals surface area (Å²) in [5.74, 6) is 0.760. The molecule has 2 aromatic rings. The second-order valence-corrected chi connectivity index (χ2v) is 5.65. The zero-order valence-corrected chi connectivity index (χ0v) is 14.8. The summed E-state index contributed by atoms with van der Waals surface area (Å²) in [5.41, 5.74) is 1.18. The Balaban J connectivity index is 2.25. The van der Waals surface area contributed by atoms with Crippen molar-refractivity contribution < 1.29 is 14.3 Å². The van der Waals surface area contributed by atoms with Crippen LogP contribution in [-0.2, 0) is 4.79 Å². The van der Waals surface area contributed by atoms with Crippen molar-refractivity contribution in [2.24, 2.45) is 0 Å². The molecular formula is C18H15BrN2O3. The highest BCUT2D eigenvalue weighted by Gasteiger charge is 2.11. The third-order valence-electron chi connectivity index (χ3n) is 3.20. The number of halogens is 1. The molecule has 1 amide bonds. The van der Waals surface area contributed by atoms with Crippen LogP contribution in [0.4, 0.5) is 5.69 Å². The fourth-order valence-electron chi connectivity index (χ4n) is 1.99. The second kappa shape index (κ2) is 8.18. The molecule has 0 aromatic heterocycles. The highest BCUT2D eigenvalue weighted by molar-refractivity contribution is 9.10. The van der Waals surface area contributed by atoms with Gasteiger partial charge < -0.3 is 14.8 Å². The number of ether oxygens (including phenoxy) is 2. The molecule has 0 fully saturated rings. The molecule has 2 aromatic carbocycles. The first kappa shape index (κ1) is 17.6. The van der Waals surface area contributed by atoms with Gasteiger partial charge in [0, 0.05) is 15.7 Å². The van der Waals surface area contributed by atoms with Crippen LogP contribution < -0.4 is 14.8 Å². The van der Waals surface area contributed by atoms with Crippen molar-refractivity contribution >= 4 is 33.6 Å². The number of anilines is 1. The van der Waals surface area contributed by atoms with E-state index >= 15 is 0 Å². The molecule has 0 aliphatic carbocycles.